The highest BCUT2D eigenvalue weighted by Crippen LogP contribution is 2.64. The third-order valence-electron chi connectivity index (χ3n) is 22.8. The van der Waals surface area contributed by atoms with Crippen LogP contribution in [0.2, 0.25) is 0 Å². The first-order valence-corrected chi connectivity index (χ1v) is 32.8. The van der Waals surface area contributed by atoms with Crippen molar-refractivity contribution in [3.63, 3.8) is 0 Å². The van der Waals surface area contributed by atoms with E-state index in [1.54, 1.807) is 0 Å². The molecule has 4 atom stereocenters. The van der Waals surface area contributed by atoms with Crippen molar-refractivity contribution >= 4 is 80.0 Å². The molecular weight excluding hydrogens is 1050 g/mol. The van der Waals surface area contributed by atoms with E-state index in [4.69, 9.17) is 0 Å². The molecule has 438 valence electrons. The van der Waals surface area contributed by atoms with Crippen molar-refractivity contribution < 1.29 is 0 Å². The van der Waals surface area contributed by atoms with Crippen molar-refractivity contribution in [3.05, 3.63) is 222 Å². The molecule has 6 aliphatic rings. The van der Waals surface area contributed by atoms with Gasteiger partial charge in [0.1, 0.15) is 0 Å². The standard InChI is InChI=1S/C82H87BN4/c1-76(2,3)58-31-37-62(38-32-58)85-72-51-63(86-69-42-33-59(77(4,5)6)49-65(69)79(10)44-20-22-46-81(79,86)12)39-40-67(72)83-68-48-57(55-26-18-15-19-27-55)30-41-71(68)84(61-35-28-56(29-36-61)54-24-16-14-17-25-54)73-52-64(53-74(85)75(73)83)87-70-43-34-60(78(7,8)9)50-66(70)80(11)45-21-23-47-82(80,87)13/h14-19,24-43,48-53H,20-23,44-47H2,1-13H3. The van der Waals surface area contributed by atoms with Gasteiger partial charge < -0.3 is 19.6 Å². The summed E-state index contributed by atoms with van der Waals surface area (Å²) >= 11 is 0. The van der Waals surface area contributed by atoms with Crippen LogP contribution in [0.3, 0.4) is 0 Å². The van der Waals surface area contributed by atoms with Crippen LogP contribution in [-0.4, -0.2) is 17.8 Å². The van der Waals surface area contributed by atoms with Crippen molar-refractivity contribution in [2.24, 2.45) is 0 Å². The molecule has 0 saturated heterocycles. The largest absolute Gasteiger partial charge is 0.334 e. The van der Waals surface area contributed by atoms with E-state index in [0.717, 1.165) is 24.9 Å². The Morgan fingerprint density at radius 3 is 1.24 bits per heavy atom. The van der Waals surface area contributed by atoms with Gasteiger partial charge in [-0.1, -0.05) is 229 Å². The Hall–Kier alpha value is -7.76. The van der Waals surface area contributed by atoms with E-state index >= 15 is 0 Å². The van der Waals surface area contributed by atoms with Gasteiger partial charge in [-0.3, -0.25) is 0 Å². The molecule has 4 nitrogen and oxygen atoms in total. The summed E-state index contributed by atoms with van der Waals surface area (Å²) in [6, 6.07) is 76.4. The van der Waals surface area contributed by atoms with Crippen LogP contribution >= 0.6 is 0 Å². The molecule has 0 radical (unpaired) electrons. The maximum atomic E-state index is 2.84. The molecule has 2 aliphatic carbocycles. The number of benzene rings is 9. The fourth-order valence-electron chi connectivity index (χ4n) is 17.4. The predicted molar refractivity (Wildman–Crippen MR) is 373 cm³/mol. The van der Waals surface area contributed by atoms with Crippen molar-refractivity contribution in [3.8, 4) is 22.3 Å². The molecule has 9 aromatic carbocycles. The number of anilines is 10. The molecule has 5 heteroatoms. The summed E-state index contributed by atoms with van der Waals surface area (Å²) in [5, 5.41) is 0. The van der Waals surface area contributed by atoms with Gasteiger partial charge in [0.15, 0.2) is 0 Å². The van der Waals surface area contributed by atoms with Gasteiger partial charge in [-0.05, 0) is 189 Å². The topological polar surface area (TPSA) is 13.0 Å². The molecule has 15 rings (SSSR count). The molecule has 0 bridgehead atoms. The SMILES string of the molecule is CC(C)(C)c1ccc(N2c3cc(N4c5ccc(C(C)(C)C)cc5C5(C)CCCCC45C)ccc3B3c4cc(-c5ccccc5)ccc4N(c4ccc(-c5ccccc5)cc4)c4cc(N5c6ccc(C(C)(C)C)cc6C6(C)CCCCC56C)cc2c43)cc1. The summed E-state index contributed by atoms with van der Waals surface area (Å²) in [4.78, 5) is 11.0. The summed E-state index contributed by atoms with van der Waals surface area (Å²) in [7, 11) is 0. The van der Waals surface area contributed by atoms with Gasteiger partial charge in [0.25, 0.3) is 6.71 Å². The van der Waals surface area contributed by atoms with Crippen LogP contribution < -0.4 is 36.0 Å². The van der Waals surface area contributed by atoms with Crippen LogP contribution in [-0.2, 0) is 27.1 Å². The van der Waals surface area contributed by atoms with Crippen molar-refractivity contribution in [2.45, 2.75) is 180 Å². The zero-order chi connectivity index (χ0) is 60.4. The van der Waals surface area contributed by atoms with Crippen LogP contribution in [0.5, 0.6) is 0 Å². The van der Waals surface area contributed by atoms with Gasteiger partial charge in [-0.2, -0.15) is 0 Å². The van der Waals surface area contributed by atoms with E-state index in [-0.39, 0.29) is 44.9 Å². The molecule has 0 spiro atoms. The minimum absolute atomic E-state index is 0.0113. The molecule has 0 aromatic heterocycles. The fraction of sp³-hybridized carbons (Fsp3) is 0.341. The van der Waals surface area contributed by atoms with Gasteiger partial charge in [0.2, 0.25) is 0 Å². The van der Waals surface area contributed by atoms with Crippen molar-refractivity contribution in [1.82, 2.24) is 0 Å². The average molecular weight is 1140 g/mol. The first-order chi connectivity index (χ1) is 41.5. The number of nitrogens with zero attached hydrogens (tertiary/aromatic N) is 4. The molecule has 4 aliphatic heterocycles. The molecule has 9 aromatic rings. The first kappa shape index (κ1) is 55.8. The zero-order valence-electron chi connectivity index (χ0n) is 54.0. The Labute approximate surface area is 520 Å². The molecular formula is C82H87BN4. The predicted octanol–water partition coefficient (Wildman–Crippen LogP) is 20.5. The minimum Gasteiger partial charge on any atom is -0.334 e. The maximum absolute atomic E-state index is 2.84. The van der Waals surface area contributed by atoms with Gasteiger partial charge in [-0.25, -0.2) is 0 Å². The number of rotatable bonds is 6. The molecule has 87 heavy (non-hydrogen) atoms. The van der Waals surface area contributed by atoms with Crippen LogP contribution in [0, 0.1) is 0 Å². The van der Waals surface area contributed by atoms with Gasteiger partial charge in [-0.15, -0.1) is 0 Å². The lowest BCUT2D eigenvalue weighted by molar-refractivity contribution is 0.195. The number of hydrogen-bond donors (Lipinski definition) is 0. The van der Waals surface area contributed by atoms with E-state index in [1.165, 1.54) is 150 Å². The molecule has 4 heterocycles. The van der Waals surface area contributed by atoms with E-state index in [9.17, 15) is 0 Å². The summed E-state index contributed by atoms with van der Waals surface area (Å²) in [5.74, 6) is 0. The number of hydrogen-bond acceptors (Lipinski definition) is 4. The lowest BCUT2D eigenvalue weighted by Gasteiger charge is -2.51. The third-order valence-corrected chi connectivity index (χ3v) is 22.8. The van der Waals surface area contributed by atoms with E-state index in [2.05, 4.69) is 304 Å². The van der Waals surface area contributed by atoms with Crippen LogP contribution in [0.15, 0.2) is 194 Å². The highest BCUT2D eigenvalue weighted by Gasteiger charge is 2.60. The Bertz CT molecular complexity index is 4200. The minimum atomic E-state index is -0.180. The van der Waals surface area contributed by atoms with E-state index in [0.29, 0.717) is 0 Å². The summed E-state index contributed by atoms with van der Waals surface area (Å²) < 4.78 is 0. The molecule has 0 amide bonds. The molecule has 2 fully saturated rings. The monoisotopic (exact) mass is 1140 g/mol. The third kappa shape index (κ3) is 8.29. The fourth-order valence-corrected chi connectivity index (χ4v) is 17.4. The summed E-state index contributed by atoms with van der Waals surface area (Å²) in [6.07, 6.45) is 9.51. The van der Waals surface area contributed by atoms with Crippen LogP contribution in [0.4, 0.5) is 56.9 Å². The lowest BCUT2D eigenvalue weighted by atomic mass is 9.33. The molecule has 2 saturated carbocycles. The Morgan fingerprint density at radius 2 is 0.724 bits per heavy atom. The van der Waals surface area contributed by atoms with E-state index in [1.807, 2.05) is 0 Å². The van der Waals surface area contributed by atoms with Gasteiger partial charge >= 0.3 is 0 Å². The Morgan fingerprint density at radius 1 is 0.322 bits per heavy atom. The second-order valence-electron chi connectivity index (χ2n) is 30.9. The second-order valence-corrected chi connectivity index (χ2v) is 30.9. The highest BCUT2D eigenvalue weighted by atomic mass is 15.3. The highest BCUT2D eigenvalue weighted by molar-refractivity contribution is 7.00. The maximum Gasteiger partial charge on any atom is 0.252 e. The van der Waals surface area contributed by atoms with Gasteiger partial charge in [0.05, 0.1) is 11.1 Å². The number of fused-ring (bicyclic) bond motifs is 10. The first-order valence-electron chi connectivity index (χ1n) is 32.8. The zero-order valence-corrected chi connectivity index (χ0v) is 54.0. The van der Waals surface area contributed by atoms with Crippen LogP contribution in [0.25, 0.3) is 22.3 Å². The smallest absolute Gasteiger partial charge is 0.252 e. The Kier molecular flexibility index (Phi) is 12.4. The Balaban J connectivity index is 1.04. The van der Waals surface area contributed by atoms with Crippen molar-refractivity contribution in [2.75, 3.05) is 19.6 Å². The molecule has 4 unspecified atom stereocenters. The molecule has 0 N–H and O–H groups in total. The average Bonchev–Trinajstić information content (AvgIpc) is 1.69. The van der Waals surface area contributed by atoms with Crippen molar-refractivity contribution in [1.29, 1.82) is 0 Å². The quantitative estimate of drug-likeness (QED) is 0.154. The van der Waals surface area contributed by atoms with E-state index < -0.39 is 0 Å². The second kappa shape index (κ2) is 19.4. The van der Waals surface area contributed by atoms with Crippen LogP contribution in [0.1, 0.15) is 169 Å². The summed E-state index contributed by atoms with van der Waals surface area (Å²) in [6.45, 7) is 31.6. The lowest BCUT2D eigenvalue weighted by Crippen LogP contribution is -2.61. The van der Waals surface area contributed by atoms with Gasteiger partial charge in [0, 0.05) is 67.7 Å². The summed E-state index contributed by atoms with van der Waals surface area (Å²) in [5.41, 5.74) is 28.3. The normalized spacial score (nSPS) is 22.7.